The lowest BCUT2D eigenvalue weighted by molar-refractivity contribution is 0.171. The van der Waals surface area contributed by atoms with Gasteiger partial charge in [0.05, 0.1) is 9.92 Å². The minimum absolute atomic E-state index is 0.0314. The van der Waals surface area contributed by atoms with Crippen LogP contribution in [0.3, 0.4) is 0 Å². The molecule has 12 heteroatoms. The quantitative estimate of drug-likeness (QED) is 0.669. The van der Waals surface area contributed by atoms with Gasteiger partial charge in [-0.3, -0.25) is 0 Å². The maximum Gasteiger partial charge on any atom is 0.246 e. The van der Waals surface area contributed by atoms with E-state index in [1.807, 2.05) is 0 Å². The molecule has 4 rings (SSSR count). The third kappa shape index (κ3) is 3.76. The number of benzene rings is 2. The summed E-state index contributed by atoms with van der Waals surface area (Å²) in [7, 11) is -8.01. The van der Waals surface area contributed by atoms with Crippen LogP contribution in [0.5, 0.6) is 11.5 Å². The lowest BCUT2D eigenvalue weighted by Gasteiger charge is -2.33. The highest BCUT2D eigenvalue weighted by atomic mass is 35.5. The third-order valence-corrected chi connectivity index (χ3v) is 8.99. The molecule has 1 fully saturated rings. The van der Waals surface area contributed by atoms with Gasteiger partial charge in [-0.05, 0) is 24.3 Å². The van der Waals surface area contributed by atoms with E-state index < -0.39 is 30.8 Å². The Hall–Kier alpha value is -1.92. The van der Waals surface area contributed by atoms with Crippen LogP contribution in [0.25, 0.3) is 0 Å². The second-order valence-electron chi connectivity index (χ2n) is 6.67. The summed E-state index contributed by atoms with van der Waals surface area (Å²) < 4.78 is 78.8. The normalized spacial score (nSPS) is 18.3. The van der Waals surface area contributed by atoms with Crippen LogP contribution in [0.4, 0.5) is 4.39 Å². The van der Waals surface area contributed by atoms with Gasteiger partial charge >= 0.3 is 0 Å². The van der Waals surface area contributed by atoms with E-state index in [1.165, 1.54) is 34.6 Å². The Kier molecular flexibility index (Phi) is 5.66. The zero-order valence-electron chi connectivity index (χ0n) is 15.6. The molecule has 0 spiro atoms. The Labute approximate surface area is 178 Å². The predicted molar refractivity (Wildman–Crippen MR) is 106 cm³/mol. The molecule has 1 saturated heterocycles. The van der Waals surface area contributed by atoms with Gasteiger partial charge in [-0.1, -0.05) is 17.7 Å². The molecule has 162 valence electrons. The molecule has 2 aromatic rings. The maximum absolute atomic E-state index is 14.2. The van der Waals surface area contributed by atoms with E-state index in [0.717, 1.165) is 10.4 Å². The van der Waals surface area contributed by atoms with Gasteiger partial charge in [0.25, 0.3) is 0 Å². The molecule has 2 aliphatic rings. The van der Waals surface area contributed by atoms with Crippen LogP contribution < -0.4 is 9.47 Å². The number of rotatable bonds is 4. The van der Waals surface area contributed by atoms with Crippen molar-refractivity contribution in [1.29, 1.82) is 0 Å². The lowest BCUT2D eigenvalue weighted by Crippen LogP contribution is -2.50. The molecule has 0 unspecified atom stereocenters. The molecule has 0 aliphatic carbocycles. The van der Waals surface area contributed by atoms with Crippen LogP contribution in [0.2, 0.25) is 5.02 Å². The SMILES string of the molecule is O=S(=O)(c1ccc2c(c1)OCCO2)N1CCN(S(=O)(=O)c2cccc(Cl)c2F)CC1. The number of sulfonamides is 2. The lowest BCUT2D eigenvalue weighted by atomic mass is 10.3. The van der Waals surface area contributed by atoms with Crippen molar-refractivity contribution in [2.24, 2.45) is 0 Å². The van der Waals surface area contributed by atoms with E-state index in [0.29, 0.717) is 24.7 Å². The van der Waals surface area contributed by atoms with Crippen molar-refractivity contribution in [1.82, 2.24) is 8.61 Å². The summed E-state index contributed by atoms with van der Waals surface area (Å²) in [5.74, 6) is -0.204. The first kappa shape index (κ1) is 21.3. The second kappa shape index (κ2) is 7.97. The standard InChI is InChI=1S/C18H18ClFN2O6S2/c19-14-2-1-3-17(18(14)20)30(25,26)22-8-6-21(7-9-22)29(23,24)13-4-5-15-16(12-13)28-11-10-27-15/h1-5,12H,6-11H2. The van der Waals surface area contributed by atoms with Crippen LogP contribution in [-0.4, -0.2) is 64.8 Å². The molecule has 2 aromatic carbocycles. The van der Waals surface area contributed by atoms with Crippen molar-refractivity contribution in [3.8, 4) is 11.5 Å². The molecular weight excluding hydrogens is 459 g/mol. The van der Waals surface area contributed by atoms with Gasteiger partial charge in [0.1, 0.15) is 18.1 Å². The Morgan fingerprint density at radius 2 is 1.43 bits per heavy atom. The number of ether oxygens (including phenoxy) is 2. The van der Waals surface area contributed by atoms with E-state index >= 15 is 0 Å². The molecule has 2 heterocycles. The molecular formula is C18H18ClFN2O6S2. The van der Waals surface area contributed by atoms with Crippen LogP contribution in [-0.2, 0) is 20.0 Å². The Morgan fingerprint density at radius 1 is 0.833 bits per heavy atom. The molecule has 2 aliphatic heterocycles. The summed E-state index contributed by atoms with van der Waals surface area (Å²) in [6.07, 6.45) is 0. The van der Waals surface area contributed by atoms with Crippen molar-refractivity contribution in [2.45, 2.75) is 9.79 Å². The molecule has 0 N–H and O–H groups in total. The van der Waals surface area contributed by atoms with Crippen LogP contribution in [0, 0.1) is 5.82 Å². The Balaban J connectivity index is 1.52. The van der Waals surface area contributed by atoms with Crippen molar-refractivity contribution in [3.05, 3.63) is 47.2 Å². The van der Waals surface area contributed by atoms with Crippen molar-refractivity contribution >= 4 is 31.6 Å². The van der Waals surface area contributed by atoms with Crippen LogP contribution in [0.1, 0.15) is 0 Å². The Bertz CT molecular complexity index is 1180. The summed E-state index contributed by atoms with van der Waals surface area (Å²) in [4.78, 5) is -0.498. The van der Waals surface area contributed by atoms with Gasteiger partial charge in [0.15, 0.2) is 17.3 Å². The summed E-state index contributed by atoms with van der Waals surface area (Å²) in [6, 6.07) is 8.09. The summed E-state index contributed by atoms with van der Waals surface area (Å²) in [5, 5.41) is -0.295. The number of hydrogen-bond acceptors (Lipinski definition) is 6. The van der Waals surface area contributed by atoms with E-state index in [1.54, 1.807) is 0 Å². The third-order valence-electron chi connectivity index (χ3n) is 4.88. The van der Waals surface area contributed by atoms with Gasteiger partial charge < -0.3 is 9.47 Å². The van der Waals surface area contributed by atoms with E-state index in [4.69, 9.17) is 21.1 Å². The zero-order chi connectivity index (χ0) is 21.5. The monoisotopic (exact) mass is 476 g/mol. The first-order valence-electron chi connectivity index (χ1n) is 9.05. The molecule has 0 radical (unpaired) electrons. The largest absolute Gasteiger partial charge is 0.486 e. The first-order valence-corrected chi connectivity index (χ1v) is 12.3. The molecule has 0 amide bonds. The van der Waals surface area contributed by atoms with E-state index in [2.05, 4.69) is 0 Å². The predicted octanol–water partition coefficient (Wildman–Crippen LogP) is 1.95. The average molecular weight is 477 g/mol. The summed E-state index contributed by atoms with van der Waals surface area (Å²) in [5.41, 5.74) is 0. The van der Waals surface area contributed by atoms with Crippen molar-refractivity contribution in [2.75, 3.05) is 39.4 Å². The fraction of sp³-hybridized carbons (Fsp3) is 0.333. The summed E-state index contributed by atoms with van der Waals surface area (Å²) >= 11 is 5.70. The number of halogens is 2. The number of piperazine rings is 1. The highest BCUT2D eigenvalue weighted by Crippen LogP contribution is 2.33. The van der Waals surface area contributed by atoms with Gasteiger partial charge in [-0.25, -0.2) is 21.2 Å². The number of fused-ring (bicyclic) bond motifs is 1. The number of hydrogen-bond donors (Lipinski definition) is 0. The van der Waals surface area contributed by atoms with Gasteiger partial charge in [-0.2, -0.15) is 8.61 Å². The second-order valence-corrected chi connectivity index (χ2v) is 10.9. The number of nitrogens with zero attached hydrogens (tertiary/aromatic N) is 2. The molecule has 0 bridgehead atoms. The Morgan fingerprint density at radius 3 is 2.10 bits per heavy atom. The molecule has 0 saturated carbocycles. The maximum atomic E-state index is 14.2. The molecule has 30 heavy (non-hydrogen) atoms. The van der Waals surface area contributed by atoms with Crippen molar-refractivity contribution < 1.29 is 30.7 Å². The van der Waals surface area contributed by atoms with E-state index in [-0.39, 0.29) is 36.1 Å². The summed E-state index contributed by atoms with van der Waals surface area (Å²) in [6.45, 7) is 0.350. The smallest absolute Gasteiger partial charge is 0.246 e. The fourth-order valence-electron chi connectivity index (χ4n) is 3.31. The topological polar surface area (TPSA) is 93.2 Å². The molecule has 0 aromatic heterocycles. The zero-order valence-corrected chi connectivity index (χ0v) is 18.0. The van der Waals surface area contributed by atoms with Gasteiger partial charge in [0, 0.05) is 32.2 Å². The van der Waals surface area contributed by atoms with Gasteiger partial charge in [-0.15, -0.1) is 0 Å². The van der Waals surface area contributed by atoms with Gasteiger partial charge in [0.2, 0.25) is 20.0 Å². The average Bonchev–Trinajstić information content (AvgIpc) is 2.75. The molecule has 0 atom stereocenters. The minimum atomic E-state index is -4.14. The van der Waals surface area contributed by atoms with Crippen molar-refractivity contribution in [3.63, 3.8) is 0 Å². The first-order chi connectivity index (χ1) is 14.2. The van der Waals surface area contributed by atoms with Crippen LogP contribution >= 0.6 is 11.6 Å². The highest BCUT2D eigenvalue weighted by Gasteiger charge is 2.35. The molecule has 8 nitrogen and oxygen atoms in total. The minimum Gasteiger partial charge on any atom is -0.486 e. The van der Waals surface area contributed by atoms with E-state index in [9.17, 15) is 21.2 Å². The fourth-order valence-corrected chi connectivity index (χ4v) is 6.48. The highest BCUT2D eigenvalue weighted by molar-refractivity contribution is 7.89. The van der Waals surface area contributed by atoms with Crippen LogP contribution in [0.15, 0.2) is 46.2 Å².